The second-order valence-corrected chi connectivity index (χ2v) is 4.61. The lowest BCUT2D eigenvalue weighted by Gasteiger charge is -2.27. The van der Waals surface area contributed by atoms with Gasteiger partial charge in [0.25, 0.3) is 5.91 Å². The van der Waals surface area contributed by atoms with Crippen LogP contribution in [-0.4, -0.2) is 28.4 Å². The standard InChI is InChI=1S/C12H16Cl2N2O/c1-4-8(3)16(5-2)12(17)9-6-10(13)11(14)15-7-9/h6-8H,4-5H2,1-3H3. The summed E-state index contributed by atoms with van der Waals surface area (Å²) in [5.41, 5.74) is 0.474. The highest BCUT2D eigenvalue weighted by Crippen LogP contribution is 2.21. The molecule has 0 saturated heterocycles. The van der Waals surface area contributed by atoms with Gasteiger partial charge in [0.05, 0.1) is 10.6 Å². The van der Waals surface area contributed by atoms with Gasteiger partial charge in [-0.3, -0.25) is 4.79 Å². The van der Waals surface area contributed by atoms with Crippen LogP contribution in [0.1, 0.15) is 37.6 Å². The number of pyridine rings is 1. The molecule has 3 nitrogen and oxygen atoms in total. The van der Waals surface area contributed by atoms with E-state index >= 15 is 0 Å². The highest BCUT2D eigenvalue weighted by molar-refractivity contribution is 6.41. The number of hydrogen-bond acceptors (Lipinski definition) is 2. The minimum absolute atomic E-state index is 0.0621. The van der Waals surface area contributed by atoms with Gasteiger partial charge in [-0.1, -0.05) is 30.1 Å². The minimum atomic E-state index is -0.0621. The van der Waals surface area contributed by atoms with Crippen molar-refractivity contribution in [2.45, 2.75) is 33.2 Å². The van der Waals surface area contributed by atoms with Crippen LogP contribution in [-0.2, 0) is 0 Å². The number of halogens is 2. The largest absolute Gasteiger partial charge is 0.336 e. The lowest BCUT2D eigenvalue weighted by Crippen LogP contribution is -2.38. The summed E-state index contributed by atoms with van der Waals surface area (Å²) in [5.74, 6) is -0.0621. The number of amides is 1. The second-order valence-electron chi connectivity index (χ2n) is 3.85. The monoisotopic (exact) mass is 274 g/mol. The molecule has 0 aliphatic heterocycles. The Morgan fingerprint density at radius 3 is 2.59 bits per heavy atom. The van der Waals surface area contributed by atoms with Crippen molar-refractivity contribution in [2.75, 3.05) is 6.54 Å². The van der Waals surface area contributed by atoms with Gasteiger partial charge in [0.15, 0.2) is 0 Å². The van der Waals surface area contributed by atoms with Gasteiger partial charge in [0, 0.05) is 18.8 Å². The molecule has 1 aromatic rings. The number of carbonyl (C=O) groups is 1. The molecule has 1 aromatic heterocycles. The zero-order chi connectivity index (χ0) is 13.0. The molecule has 0 radical (unpaired) electrons. The summed E-state index contributed by atoms with van der Waals surface area (Å²) in [6.45, 7) is 6.68. The van der Waals surface area contributed by atoms with Gasteiger partial charge in [-0.15, -0.1) is 0 Å². The van der Waals surface area contributed by atoms with E-state index in [4.69, 9.17) is 23.2 Å². The fraction of sp³-hybridized carbons (Fsp3) is 0.500. The number of nitrogens with zero attached hydrogens (tertiary/aromatic N) is 2. The van der Waals surface area contributed by atoms with Gasteiger partial charge in [0.1, 0.15) is 5.15 Å². The van der Waals surface area contributed by atoms with E-state index in [0.717, 1.165) is 6.42 Å². The molecule has 0 spiro atoms. The second kappa shape index (κ2) is 6.22. The van der Waals surface area contributed by atoms with E-state index in [2.05, 4.69) is 4.98 Å². The molecule has 5 heteroatoms. The first kappa shape index (κ1) is 14.3. The molecule has 0 aromatic carbocycles. The van der Waals surface area contributed by atoms with E-state index in [-0.39, 0.29) is 17.1 Å². The summed E-state index contributed by atoms with van der Waals surface area (Å²) in [4.78, 5) is 17.9. The SMILES string of the molecule is CCC(C)N(CC)C(=O)c1cnc(Cl)c(Cl)c1. The average molecular weight is 275 g/mol. The topological polar surface area (TPSA) is 33.2 Å². The maximum Gasteiger partial charge on any atom is 0.255 e. The summed E-state index contributed by atoms with van der Waals surface area (Å²) < 4.78 is 0. The average Bonchev–Trinajstić information content (AvgIpc) is 2.33. The Morgan fingerprint density at radius 1 is 1.47 bits per heavy atom. The highest BCUT2D eigenvalue weighted by atomic mass is 35.5. The lowest BCUT2D eigenvalue weighted by molar-refractivity contribution is 0.0699. The molecule has 17 heavy (non-hydrogen) atoms. The Kier molecular flexibility index (Phi) is 5.22. The predicted octanol–water partition coefficient (Wildman–Crippen LogP) is 3.65. The number of hydrogen-bond donors (Lipinski definition) is 0. The van der Waals surface area contributed by atoms with Gasteiger partial charge < -0.3 is 4.90 Å². The third-order valence-electron chi connectivity index (χ3n) is 2.77. The Bertz CT molecular complexity index is 409. The van der Waals surface area contributed by atoms with Gasteiger partial charge >= 0.3 is 0 Å². The molecular formula is C12H16Cl2N2O. The first-order valence-corrected chi connectivity index (χ1v) is 6.38. The molecule has 1 heterocycles. The van der Waals surface area contributed by atoms with Crippen LogP contribution in [0, 0.1) is 0 Å². The van der Waals surface area contributed by atoms with Crippen LogP contribution < -0.4 is 0 Å². The summed E-state index contributed by atoms with van der Waals surface area (Å²) in [6, 6.07) is 1.76. The van der Waals surface area contributed by atoms with Crippen LogP contribution >= 0.6 is 23.2 Å². The summed E-state index contributed by atoms with van der Waals surface area (Å²) in [6.07, 6.45) is 2.37. The Hall–Kier alpha value is -0.800. The van der Waals surface area contributed by atoms with Crippen LogP contribution in [0.25, 0.3) is 0 Å². The third-order valence-corrected chi connectivity index (χ3v) is 3.45. The van der Waals surface area contributed by atoms with Crippen LogP contribution in [0.3, 0.4) is 0 Å². The van der Waals surface area contributed by atoms with Crippen molar-refractivity contribution < 1.29 is 4.79 Å². The van der Waals surface area contributed by atoms with Crippen LogP contribution in [0.2, 0.25) is 10.2 Å². The minimum Gasteiger partial charge on any atom is -0.336 e. The maximum atomic E-state index is 12.2. The molecule has 1 amide bonds. The molecule has 0 aliphatic rings. The fourth-order valence-corrected chi connectivity index (χ4v) is 1.85. The highest BCUT2D eigenvalue weighted by Gasteiger charge is 2.19. The van der Waals surface area contributed by atoms with Gasteiger partial charge in [-0.05, 0) is 26.3 Å². The molecule has 0 bridgehead atoms. The molecular weight excluding hydrogens is 259 g/mol. The van der Waals surface area contributed by atoms with Crippen molar-refractivity contribution in [3.63, 3.8) is 0 Å². The number of aromatic nitrogens is 1. The van der Waals surface area contributed by atoms with Crippen LogP contribution in [0.5, 0.6) is 0 Å². The van der Waals surface area contributed by atoms with Crippen molar-refractivity contribution in [2.24, 2.45) is 0 Å². The fourth-order valence-electron chi connectivity index (χ4n) is 1.58. The van der Waals surface area contributed by atoms with Crippen molar-refractivity contribution in [3.8, 4) is 0 Å². The van der Waals surface area contributed by atoms with Crippen molar-refractivity contribution >= 4 is 29.1 Å². The van der Waals surface area contributed by atoms with E-state index in [1.807, 2.05) is 20.8 Å². The first-order chi connectivity index (χ1) is 8.01. The number of carbonyl (C=O) groups excluding carboxylic acids is 1. The maximum absolute atomic E-state index is 12.2. The number of rotatable bonds is 4. The van der Waals surface area contributed by atoms with Crippen molar-refractivity contribution in [3.05, 3.63) is 28.0 Å². The summed E-state index contributed by atoms with van der Waals surface area (Å²) in [7, 11) is 0. The Labute approximate surface area is 112 Å². The lowest BCUT2D eigenvalue weighted by atomic mass is 10.1. The summed E-state index contributed by atoms with van der Waals surface area (Å²) in [5, 5.41) is 0.521. The normalized spacial score (nSPS) is 12.3. The first-order valence-electron chi connectivity index (χ1n) is 5.63. The van der Waals surface area contributed by atoms with Crippen molar-refractivity contribution in [1.29, 1.82) is 0 Å². The van der Waals surface area contributed by atoms with E-state index in [1.165, 1.54) is 6.20 Å². The quantitative estimate of drug-likeness (QED) is 0.786. The van der Waals surface area contributed by atoms with Crippen LogP contribution in [0.4, 0.5) is 0 Å². The van der Waals surface area contributed by atoms with E-state index < -0.39 is 0 Å². The van der Waals surface area contributed by atoms with Gasteiger partial charge in [-0.25, -0.2) is 4.98 Å². The van der Waals surface area contributed by atoms with E-state index in [0.29, 0.717) is 17.1 Å². The molecule has 0 fully saturated rings. The zero-order valence-electron chi connectivity index (χ0n) is 10.2. The van der Waals surface area contributed by atoms with E-state index in [1.54, 1.807) is 11.0 Å². The van der Waals surface area contributed by atoms with Gasteiger partial charge in [-0.2, -0.15) is 0 Å². The molecule has 1 atom stereocenters. The molecule has 94 valence electrons. The Balaban J connectivity index is 2.98. The Morgan fingerprint density at radius 2 is 2.12 bits per heavy atom. The smallest absolute Gasteiger partial charge is 0.255 e. The van der Waals surface area contributed by atoms with Gasteiger partial charge in [0.2, 0.25) is 0 Å². The molecule has 0 N–H and O–H groups in total. The summed E-state index contributed by atoms with van der Waals surface area (Å²) >= 11 is 11.6. The molecule has 1 unspecified atom stereocenters. The van der Waals surface area contributed by atoms with E-state index in [9.17, 15) is 4.79 Å². The third kappa shape index (κ3) is 3.33. The molecule has 1 rings (SSSR count). The molecule has 0 aliphatic carbocycles. The zero-order valence-corrected chi connectivity index (χ0v) is 11.7. The van der Waals surface area contributed by atoms with Crippen LogP contribution in [0.15, 0.2) is 12.3 Å². The predicted molar refractivity (Wildman–Crippen MR) is 70.7 cm³/mol. The molecule has 0 saturated carbocycles. The van der Waals surface area contributed by atoms with Crippen molar-refractivity contribution in [1.82, 2.24) is 9.88 Å².